The quantitative estimate of drug-likeness (QED) is 0.0201. The lowest BCUT2D eigenvalue weighted by Gasteiger charge is -2.49. The van der Waals surface area contributed by atoms with Crippen LogP contribution in [-0.4, -0.2) is 185 Å². The largest absolute Gasteiger partial charge is 0.508 e. The van der Waals surface area contributed by atoms with Crippen molar-refractivity contribution in [3.05, 3.63) is 108 Å². The van der Waals surface area contributed by atoms with Gasteiger partial charge in [0.15, 0.2) is 18.7 Å². The summed E-state index contributed by atoms with van der Waals surface area (Å²) in [6.45, 7) is 0.730. The maximum atomic E-state index is 13.6. The third-order valence-electron chi connectivity index (χ3n) is 11.8. The fourth-order valence-corrected chi connectivity index (χ4v) is 7.95. The molecular weight excluding hydrogens is 949 g/mol. The second-order valence-corrected chi connectivity index (χ2v) is 17.2. The predicted molar refractivity (Wildman–Crippen MR) is 255 cm³/mol. The van der Waals surface area contributed by atoms with E-state index in [9.17, 15) is 70.9 Å². The average Bonchev–Trinajstić information content (AvgIpc) is 3.36. The minimum atomic E-state index is -2.10. The van der Waals surface area contributed by atoms with Crippen molar-refractivity contribution >= 4 is 11.9 Å². The average molecular weight is 1020 g/mol. The van der Waals surface area contributed by atoms with Crippen molar-refractivity contribution in [3.8, 4) is 11.5 Å². The zero-order valence-corrected chi connectivity index (χ0v) is 40.3. The number of carbonyl (C=O) groups is 2. The Morgan fingerprint density at radius 1 is 0.653 bits per heavy atom. The molecule has 3 saturated heterocycles. The Morgan fingerprint density at radius 2 is 1.32 bits per heavy atom. The number of phenols is 2. The highest BCUT2D eigenvalue weighted by molar-refractivity contribution is 5.82. The van der Waals surface area contributed by atoms with Gasteiger partial charge in [0.25, 0.3) is 0 Å². The topological polar surface area (TPSA) is 342 Å². The van der Waals surface area contributed by atoms with Crippen LogP contribution in [0.4, 0.5) is 0 Å². The van der Waals surface area contributed by atoms with Gasteiger partial charge in [-0.3, -0.25) is 0 Å². The van der Waals surface area contributed by atoms with Crippen LogP contribution in [0.15, 0.2) is 97.2 Å². The molecule has 3 aliphatic heterocycles. The van der Waals surface area contributed by atoms with Crippen LogP contribution in [-0.2, 0) is 49.4 Å². The first-order valence-electron chi connectivity index (χ1n) is 24.0. The van der Waals surface area contributed by atoms with Crippen LogP contribution in [0, 0.1) is 0 Å². The molecule has 1 aromatic carbocycles. The van der Waals surface area contributed by atoms with Crippen LogP contribution in [0.25, 0.3) is 0 Å². The van der Waals surface area contributed by atoms with E-state index in [1.807, 2.05) is 31.2 Å². The summed E-state index contributed by atoms with van der Waals surface area (Å²) in [5.41, 5.74) is -0.397. The first kappa shape index (κ1) is 59.9. The van der Waals surface area contributed by atoms with E-state index < -0.39 is 148 Å². The predicted octanol–water partition coefficient (Wildman–Crippen LogP) is 0.880. The number of aromatic hydroxyl groups is 2. The van der Waals surface area contributed by atoms with Gasteiger partial charge in [-0.2, -0.15) is 0 Å². The molecule has 3 heterocycles. The second kappa shape index (κ2) is 31.2. The Kier molecular flexibility index (Phi) is 25.9. The molecule has 21 nitrogen and oxygen atoms in total. The molecule has 402 valence electrons. The molecule has 0 bridgehead atoms. The number of carbonyl (C=O) groups excluding carboxylic acids is 2. The number of hydrogen-bond acceptors (Lipinski definition) is 21. The number of unbranched alkanes of at least 4 members (excludes halogenated alkanes) is 3. The Labute approximate surface area is 418 Å². The number of benzene rings is 1. The maximum absolute atomic E-state index is 13.6. The number of allylic oxidation sites excluding steroid dienone is 10. The van der Waals surface area contributed by atoms with Crippen molar-refractivity contribution in [2.75, 3.05) is 19.8 Å². The Morgan fingerprint density at radius 3 is 2.01 bits per heavy atom. The standard InChI is InChI=1S/C51H72O21/c1-3-5-7-9-11-13-16-20-31(55)21-17-15-19-23-38(59)70-48-45(65)47(39-30(26-52)24-32(56)25-33(39)57)67-35(28-54)46(48)71-51-49(72-50-44(64)42(62)40(60)34(27-53)68-50)43(63)41(61)36(69-51)29-66-37(58)22-18-14-12-10-8-6-4-2/h6,8,11-20,22-25,31,34-36,40-57,60-65H,3-5,7,9-10,21,26-29H2,1-2H3/b8-6+,13-11+,14-12+,17-15+,20-16+,22-18+,23-19+/t31?,34-,35-,36-,40+,41+,42+,43+,44-,45+,46-,47+,48-,49-,50+,51+/m1/s1. The van der Waals surface area contributed by atoms with Crippen LogP contribution in [0.2, 0.25) is 0 Å². The van der Waals surface area contributed by atoms with Gasteiger partial charge in [0.2, 0.25) is 0 Å². The van der Waals surface area contributed by atoms with E-state index in [4.69, 9.17) is 33.2 Å². The molecule has 3 aliphatic rings. The van der Waals surface area contributed by atoms with Crippen LogP contribution < -0.4 is 0 Å². The first-order chi connectivity index (χ1) is 34.6. The molecule has 1 aromatic rings. The van der Waals surface area contributed by atoms with Gasteiger partial charge in [-0.1, -0.05) is 99.6 Å². The van der Waals surface area contributed by atoms with E-state index in [0.717, 1.165) is 56.4 Å². The van der Waals surface area contributed by atoms with E-state index in [2.05, 4.69) is 6.92 Å². The number of aliphatic hydroxyl groups is 10. The number of hydrogen-bond donors (Lipinski definition) is 12. The molecule has 21 heteroatoms. The van der Waals surface area contributed by atoms with Gasteiger partial charge in [0.1, 0.15) is 91.4 Å². The van der Waals surface area contributed by atoms with Crippen LogP contribution >= 0.6 is 0 Å². The van der Waals surface area contributed by atoms with Gasteiger partial charge >= 0.3 is 11.9 Å². The fourth-order valence-electron chi connectivity index (χ4n) is 7.95. The molecule has 4 rings (SSSR count). The van der Waals surface area contributed by atoms with E-state index in [0.29, 0.717) is 6.42 Å². The summed E-state index contributed by atoms with van der Waals surface area (Å²) >= 11 is 0. The SMILES string of the molecule is CC/C=C/C/C=C/C=C/C(=O)OC[C@H]1O[C@@H](O[C@H]2[C@H](OC(=O)/C=C/C=C/CC(O)/C=C/C=C/CCCCC)[C@@H](O)[C@H](c3c(O)cc(O)cc3CO)O[C@@H]2CO)[C@H](O[C@@H]2O[C@H](CO)[C@H](O)[C@H](O)[C@H]2O)[C@@H](O)[C@H]1O. The van der Waals surface area contributed by atoms with Crippen LogP contribution in [0.3, 0.4) is 0 Å². The zero-order chi connectivity index (χ0) is 52.7. The number of rotatable bonds is 26. The zero-order valence-electron chi connectivity index (χ0n) is 40.3. The molecule has 1 unspecified atom stereocenters. The Hall–Kier alpha value is -4.66. The van der Waals surface area contributed by atoms with Gasteiger partial charge in [0.05, 0.1) is 25.9 Å². The molecule has 3 fully saturated rings. The van der Waals surface area contributed by atoms with Gasteiger partial charge in [-0.15, -0.1) is 0 Å². The third-order valence-corrected chi connectivity index (χ3v) is 11.8. The van der Waals surface area contributed by atoms with Gasteiger partial charge in [0, 0.05) is 23.8 Å². The van der Waals surface area contributed by atoms with Crippen molar-refractivity contribution in [2.24, 2.45) is 0 Å². The second-order valence-electron chi connectivity index (χ2n) is 17.2. The minimum absolute atomic E-state index is 0.129. The van der Waals surface area contributed by atoms with E-state index >= 15 is 0 Å². The lowest BCUT2D eigenvalue weighted by atomic mass is 9.88. The molecule has 0 aromatic heterocycles. The molecule has 0 spiro atoms. The molecule has 0 radical (unpaired) electrons. The van der Waals surface area contributed by atoms with Crippen molar-refractivity contribution in [1.29, 1.82) is 0 Å². The highest BCUT2D eigenvalue weighted by Crippen LogP contribution is 2.43. The lowest BCUT2D eigenvalue weighted by Crippen LogP contribution is -2.66. The first-order valence-corrected chi connectivity index (χ1v) is 24.0. The van der Waals surface area contributed by atoms with E-state index in [1.54, 1.807) is 30.4 Å². The lowest BCUT2D eigenvalue weighted by molar-refractivity contribution is -0.383. The van der Waals surface area contributed by atoms with Crippen molar-refractivity contribution in [1.82, 2.24) is 0 Å². The molecule has 72 heavy (non-hydrogen) atoms. The fraction of sp³-hybridized carbons (Fsp3) is 0.569. The summed E-state index contributed by atoms with van der Waals surface area (Å²) in [5, 5.41) is 129. The summed E-state index contributed by atoms with van der Waals surface area (Å²) < 4.78 is 40.8. The Balaban J connectivity index is 1.66. The van der Waals surface area contributed by atoms with Crippen molar-refractivity contribution in [2.45, 2.75) is 163 Å². The summed E-state index contributed by atoms with van der Waals surface area (Å²) in [4.78, 5) is 26.3. The summed E-state index contributed by atoms with van der Waals surface area (Å²) in [7, 11) is 0. The Bertz CT molecular complexity index is 2010. The minimum Gasteiger partial charge on any atom is -0.508 e. The molecule has 0 amide bonds. The van der Waals surface area contributed by atoms with Gasteiger partial charge in [-0.05, 0) is 43.7 Å². The number of phenolic OH excluding ortho intramolecular Hbond substituents is 2. The van der Waals surface area contributed by atoms with Crippen molar-refractivity contribution < 1.29 is 104 Å². The highest BCUT2D eigenvalue weighted by atomic mass is 16.8. The number of esters is 2. The summed E-state index contributed by atoms with van der Waals surface area (Å²) in [6.07, 6.45) is -0.889. The monoisotopic (exact) mass is 1020 g/mol. The van der Waals surface area contributed by atoms with Crippen molar-refractivity contribution in [3.63, 3.8) is 0 Å². The van der Waals surface area contributed by atoms with Gasteiger partial charge in [-0.25, -0.2) is 9.59 Å². The number of ether oxygens (including phenoxy) is 7. The van der Waals surface area contributed by atoms with Crippen LogP contribution in [0.1, 0.15) is 76.0 Å². The normalized spacial score (nSPS) is 32.1. The summed E-state index contributed by atoms with van der Waals surface area (Å²) in [5.74, 6) is -3.12. The molecular formula is C51H72O21. The van der Waals surface area contributed by atoms with E-state index in [-0.39, 0.29) is 17.5 Å². The maximum Gasteiger partial charge on any atom is 0.331 e. The molecule has 0 aliphatic carbocycles. The molecule has 12 N–H and O–H groups in total. The third kappa shape index (κ3) is 17.5. The smallest absolute Gasteiger partial charge is 0.331 e. The summed E-state index contributed by atoms with van der Waals surface area (Å²) in [6, 6.07) is 1.97. The van der Waals surface area contributed by atoms with Crippen LogP contribution in [0.5, 0.6) is 11.5 Å². The molecule has 16 atom stereocenters. The van der Waals surface area contributed by atoms with E-state index in [1.165, 1.54) is 18.2 Å². The molecule has 0 saturated carbocycles. The number of aliphatic hydroxyl groups excluding tert-OH is 10. The highest BCUT2D eigenvalue weighted by Gasteiger charge is 2.55. The van der Waals surface area contributed by atoms with Gasteiger partial charge < -0.3 is 94.4 Å².